The lowest BCUT2D eigenvalue weighted by atomic mass is 10.0. The molecule has 0 aromatic rings. The minimum atomic E-state index is -0.745. The molecule has 0 fully saturated rings. The number of aliphatic hydroxyl groups excluding tert-OH is 2. The third-order valence-electron chi connectivity index (χ3n) is 4.65. The van der Waals surface area contributed by atoms with Crippen LogP contribution >= 0.6 is 0 Å². The normalized spacial score (nSPS) is 12.6. The van der Waals surface area contributed by atoms with Crippen molar-refractivity contribution in [1.29, 1.82) is 0 Å². The van der Waals surface area contributed by atoms with Crippen molar-refractivity contribution in [3.63, 3.8) is 0 Å². The summed E-state index contributed by atoms with van der Waals surface area (Å²) in [6, 6.07) is 0. The quantitative estimate of drug-likeness (QED) is 0.265. The standard InChI is InChI=1S/C21H45NO3/c1-2-3-4-5-6-7-8-9-10-11-12-13-14-15-16-22-17-18-25-20-21(24)19-23/h21-24H,2-20H2,1H3. The first-order chi connectivity index (χ1) is 12.3. The molecule has 0 radical (unpaired) electrons. The molecule has 1 atom stereocenters. The van der Waals surface area contributed by atoms with Gasteiger partial charge < -0.3 is 20.3 Å². The van der Waals surface area contributed by atoms with E-state index < -0.39 is 6.10 Å². The van der Waals surface area contributed by atoms with Crippen molar-refractivity contribution in [2.45, 2.75) is 103 Å². The number of ether oxygens (including phenoxy) is 1. The summed E-state index contributed by atoms with van der Waals surface area (Å²) in [5, 5.41) is 21.1. The first-order valence-electron chi connectivity index (χ1n) is 10.9. The fraction of sp³-hybridized carbons (Fsp3) is 1.00. The molecule has 0 spiro atoms. The molecular formula is C21H45NO3. The van der Waals surface area contributed by atoms with Gasteiger partial charge in [-0.2, -0.15) is 0 Å². The third kappa shape index (κ3) is 21.8. The molecule has 0 heterocycles. The van der Waals surface area contributed by atoms with E-state index in [1.807, 2.05) is 0 Å². The smallest absolute Gasteiger partial charge is 0.100 e. The summed E-state index contributed by atoms with van der Waals surface area (Å²) < 4.78 is 5.24. The largest absolute Gasteiger partial charge is 0.394 e. The zero-order valence-corrected chi connectivity index (χ0v) is 16.8. The zero-order chi connectivity index (χ0) is 18.4. The Balaban J connectivity index is 2.98. The van der Waals surface area contributed by atoms with E-state index in [1.165, 1.54) is 89.9 Å². The first kappa shape index (κ1) is 24.8. The van der Waals surface area contributed by atoms with Gasteiger partial charge in [-0.15, -0.1) is 0 Å². The molecule has 0 amide bonds. The lowest BCUT2D eigenvalue weighted by Gasteiger charge is -2.09. The number of hydrogen-bond acceptors (Lipinski definition) is 4. The molecule has 0 rings (SSSR count). The van der Waals surface area contributed by atoms with Crippen molar-refractivity contribution in [2.75, 3.05) is 32.9 Å². The summed E-state index contributed by atoms with van der Waals surface area (Å²) in [4.78, 5) is 0. The van der Waals surface area contributed by atoms with E-state index in [2.05, 4.69) is 12.2 Å². The number of hydrogen-bond donors (Lipinski definition) is 3. The Labute approximate surface area is 156 Å². The van der Waals surface area contributed by atoms with Gasteiger partial charge in [-0.1, -0.05) is 90.4 Å². The number of unbranched alkanes of at least 4 members (excludes halogenated alkanes) is 13. The van der Waals surface area contributed by atoms with E-state index in [-0.39, 0.29) is 13.2 Å². The van der Waals surface area contributed by atoms with Gasteiger partial charge >= 0.3 is 0 Å². The molecule has 0 aliphatic rings. The molecule has 0 aromatic carbocycles. The summed E-state index contributed by atoms with van der Waals surface area (Å²) in [5.74, 6) is 0. The van der Waals surface area contributed by atoms with Crippen LogP contribution in [0.2, 0.25) is 0 Å². The highest BCUT2D eigenvalue weighted by atomic mass is 16.5. The number of aliphatic hydroxyl groups is 2. The third-order valence-corrected chi connectivity index (χ3v) is 4.65. The average Bonchev–Trinajstić information content (AvgIpc) is 2.63. The summed E-state index contributed by atoms with van der Waals surface area (Å²) in [6.45, 7) is 4.72. The minimum Gasteiger partial charge on any atom is -0.394 e. The molecule has 0 saturated carbocycles. The highest BCUT2D eigenvalue weighted by Crippen LogP contribution is 2.12. The summed E-state index contributed by atoms with van der Waals surface area (Å²) in [5.41, 5.74) is 0. The van der Waals surface area contributed by atoms with E-state index in [0.717, 1.165) is 13.1 Å². The molecule has 0 bridgehead atoms. The van der Waals surface area contributed by atoms with Crippen molar-refractivity contribution < 1.29 is 14.9 Å². The predicted molar refractivity (Wildman–Crippen MR) is 107 cm³/mol. The van der Waals surface area contributed by atoms with Gasteiger partial charge in [-0.25, -0.2) is 0 Å². The average molecular weight is 360 g/mol. The van der Waals surface area contributed by atoms with Crippen molar-refractivity contribution in [3.05, 3.63) is 0 Å². The Bertz CT molecular complexity index is 239. The molecule has 0 aliphatic carbocycles. The van der Waals surface area contributed by atoms with Gasteiger partial charge in [0.1, 0.15) is 6.10 Å². The SMILES string of the molecule is CCCCCCCCCCCCCCCCNCCOCC(O)CO. The number of nitrogens with one attached hydrogen (secondary N) is 1. The second-order valence-corrected chi connectivity index (χ2v) is 7.26. The Kier molecular flexibility index (Phi) is 21.7. The van der Waals surface area contributed by atoms with Crippen molar-refractivity contribution in [2.24, 2.45) is 0 Å². The van der Waals surface area contributed by atoms with Crippen LogP contribution in [0, 0.1) is 0 Å². The maximum Gasteiger partial charge on any atom is 0.100 e. The van der Waals surface area contributed by atoms with E-state index in [0.29, 0.717) is 6.61 Å². The van der Waals surface area contributed by atoms with E-state index >= 15 is 0 Å². The molecule has 25 heavy (non-hydrogen) atoms. The molecule has 0 aliphatic heterocycles. The second kappa shape index (κ2) is 21.9. The highest BCUT2D eigenvalue weighted by molar-refractivity contribution is 4.53. The fourth-order valence-corrected chi connectivity index (χ4v) is 2.99. The molecular weight excluding hydrogens is 314 g/mol. The molecule has 4 nitrogen and oxygen atoms in total. The maximum atomic E-state index is 9.11. The van der Waals surface area contributed by atoms with Crippen LogP contribution in [-0.4, -0.2) is 49.2 Å². The molecule has 0 aromatic heterocycles. The van der Waals surface area contributed by atoms with Crippen molar-refractivity contribution in [1.82, 2.24) is 5.32 Å². The van der Waals surface area contributed by atoms with Crippen LogP contribution in [0.25, 0.3) is 0 Å². The van der Waals surface area contributed by atoms with Crippen LogP contribution in [0.4, 0.5) is 0 Å². The zero-order valence-electron chi connectivity index (χ0n) is 16.8. The van der Waals surface area contributed by atoms with Gasteiger partial charge in [0.05, 0.1) is 19.8 Å². The highest BCUT2D eigenvalue weighted by Gasteiger charge is 2.00. The van der Waals surface area contributed by atoms with Crippen molar-refractivity contribution >= 4 is 0 Å². The lowest BCUT2D eigenvalue weighted by molar-refractivity contribution is 0.00733. The summed E-state index contributed by atoms with van der Waals surface area (Å²) in [6.07, 6.45) is 18.8. The van der Waals surface area contributed by atoms with Gasteiger partial charge in [-0.05, 0) is 13.0 Å². The Hall–Kier alpha value is -0.160. The molecule has 1 unspecified atom stereocenters. The first-order valence-corrected chi connectivity index (χ1v) is 10.9. The lowest BCUT2D eigenvalue weighted by Crippen LogP contribution is -2.25. The van der Waals surface area contributed by atoms with E-state index in [9.17, 15) is 0 Å². The van der Waals surface area contributed by atoms with Crippen LogP contribution in [-0.2, 0) is 4.74 Å². The van der Waals surface area contributed by atoms with Gasteiger partial charge in [0, 0.05) is 6.54 Å². The fourth-order valence-electron chi connectivity index (χ4n) is 2.99. The second-order valence-electron chi connectivity index (χ2n) is 7.26. The van der Waals surface area contributed by atoms with Crippen molar-refractivity contribution in [3.8, 4) is 0 Å². The van der Waals surface area contributed by atoms with Crippen LogP contribution in [0.15, 0.2) is 0 Å². The van der Waals surface area contributed by atoms with Crippen LogP contribution in [0.3, 0.4) is 0 Å². The Morgan fingerprint density at radius 2 is 1.20 bits per heavy atom. The van der Waals surface area contributed by atoms with E-state index in [1.54, 1.807) is 0 Å². The predicted octanol–water partition coefficient (Wildman–Crippen LogP) is 4.43. The maximum absolute atomic E-state index is 9.11. The van der Waals surface area contributed by atoms with Gasteiger partial charge in [-0.3, -0.25) is 0 Å². The van der Waals surface area contributed by atoms with E-state index in [4.69, 9.17) is 14.9 Å². The molecule has 0 saturated heterocycles. The van der Waals surface area contributed by atoms with Gasteiger partial charge in [0.15, 0.2) is 0 Å². The number of rotatable bonds is 21. The molecule has 4 heteroatoms. The monoisotopic (exact) mass is 359 g/mol. The topological polar surface area (TPSA) is 61.7 Å². The van der Waals surface area contributed by atoms with Gasteiger partial charge in [0.2, 0.25) is 0 Å². The molecule has 3 N–H and O–H groups in total. The molecule has 152 valence electrons. The van der Waals surface area contributed by atoms with Gasteiger partial charge in [0.25, 0.3) is 0 Å². The summed E-state index contributed by atoms with van der Waals surface area (Å²) >= 11 is 0. The summed E-state index contributed by atoms with van der Waals surface area (Å²) in [7, 11) is 0. The minimum absolute atomic E-state index is 0.219. The van der Waals surface area contributed by atoms with Crippen LogP contribution in [0.1, 0.15) is 96.8 Å². The Morgan fingerprint density at radius 1 is 0.720 bits per heavy atom. The Morgan fingerprint density at radius 3 is 1.68 bits per heavy atom. The van der Waals surface area contributed by atoms with Crippen LogP contribution in [0.5, 0.6) is 0 Å². The van der Waals surface area contributed by atoms with Crippen LogP contribution < -0.4 is 5.32 Å².